The molecular weight excluding hydrogens is 449 g/mol. The SMILES string of the molecule is CCNC(=NCc1cccc(OC)c1)NCC(C)(O)c1ccsc1.I. The van der Waals surface area contributed by atoms with Crippen LogP contribution in [0.3, 0.4) is 0 Å². The molecule has 0 fully saturated rings. The van der Waals surface area contributed by atoms with E-state index in [1.54, 1.807) is 25.4 Å². The van der Waals surface area contributed by atoms with Gasteiger partial charge in [0.25, 0.3) is 0 Å². The van der Waals surface area contributed by atoms with Crippen LogP contribution in [-0.4, -0.2) is 31.3 Å². The van der Waals surface area contributed by atoms with Crippen molar-refractivity contribution >= 4 is 41.3 Å². The van der Waals surface area contributed by atoms with Gasteiger partial charge in [-0.15, -0.1) is 24.0 Å². The highest BCUT2D eigenvalue weighted by Crippen LogP contribution is 2.22. The summed E-state index contributed by atoms with van der Waals surface area (Å²) in [6.07, 6.45) is 0. The largest absolute Gasteiger partial charge is 0.497 e. The van der Waals surface area contributed by atoms with Crippen LogP contribution in [0.4, 0.5) is 0 Å². The number of guanidine groups is 1. The lowest BCUT2D eigenvalue weighted by Crippen LogP contribution is -2.44. The predicted octanol–water partition coefficient (Wildman–Crippen LogP) is 3.34. The van der Waals surface area contributed by atoms with Crippen molar-refractivity contribution in [3.05, 3.63) is 52.2 Å². The van der Waals surface area contributed by atoms with E-state index in [4.69, 9.17) is 4.74 Å². The molecule has 0 saturated carbocycles. The van der Waals surface area contributed by atoms with E-state index < -0.39 is 5.60 Å². The highest BCUT2D eigenvalue weighted by molar-refractivity contribution is 14.0. The fourth-order valence-corrected chi connectivity index (χ4v) is 2.99. The van der Waals surface area contributed by atoms with E-state index in [0.29, 0.717) is 19.0 Å². The van der Waals surface area contributed by atoms with Gasteiger partial charge in [0, 0.05) is 6.54 Å². The number of methoxy groups -OCH3 is 1. The van der Waals surface area contributed by atoms with E-state index >= 15 is 0 Å². The van der Waals surface area contributed by atoms with E-state index in [1.165, 1.54) is 0 Å². The van der Waals surface area contributed by atoms with Crippen molar-refractivity contribution < 1.29 is 9.84 Å². The van der Waals surface area contributed by atoms with Gasteiger partial charge >= 0.3 is 0 Å². The summed E-state index contributed by atoms with van der Waals surface area (Å²) in [6, 6.07) is 9.78. The second-order valence-corrected chi connectivity index (χ2v) is 6.47. The molecule has 0 saturated heterocycles. The zero-order valence-corrected chi connectivity index (χ0v) is 17.9. The van der Waals surface area contributed by atoms with Crippen LogP contribution in [0.25, 0.3) is 0 Å². The van der Waals surface area contributed by atoms with Crippen LogP contribution >= 0.6 is 35.3 Å². The maximum Gasteiger partial charge on any atom is 0.191 e. The smallest absolute Gasteiger partial charge is 0.191 e. The predicted molar refractivity (Wildman–Crippen MR) is 115 cm³/mol. The minimum absolute atomic E-state index is 0. The molecule has 0 radical (unpaired) electrons. The average molecular weight is 475 g/mol. The molecule has 0 bridgehead atoms. The molecule has 0 aliphatic heterocycles. The Morgan fingerprint density at radius 1 is 1.32 bits per heavy atom. The van der Waals surface area contributed by atoms with Crippen molar-refractivity contribution in [2.75, 3.05) is 20.2 Å². The summed E-state index contributed by atoms with van der Waals surface area (Å²) in [5, 5.41) is 20.9. The molecule has 138 valence electrons. The van der Waals surface area contributed by atoms with Crippen molar-refractivity contribution in [2.24, 2.45) is 4.99 Å². The third kappa shape index (κ3) is 6.83. The molecule has 0 spiro atoms. The van der Waals surface area contributed by atoms with Crippen LogP contribution in [0, 0.1) is 0 Å². The van der Waals surface area contributed by atoms with Crippen LogP contribution < -0.4 is 15.4 Å². The fourth-order valence-electron chi connectivity index (χ4n) is 2.21. The van der Waals surface area contributed by atoms with Gasteiger partial charge < -0.3 is 20.5 Å². The van der Waals surface area contributed by atoms with E-state index in [2.05, 4.69) is 15.6 Å². The van der Waals surface area contributed by atoms with Crippen LogP contribution in [0.5, 0.6) is 5.75 Å². The first kappa shape index (κ1) is 21.7. The number of thiophene rings is 1. The van der Waals surface area contributed by atoms with Crippen LogP contribution in [0.15, 0.2) is 46.1 Å². The monoisotopic (exact) mass is 475 g/mol. The zero-order chi connectivity index (χ0) is 17.4. The van der Waals surface area contributed by atoms with Crippen LogP contribution in [0.1, 0.15) is 25.0 Å². The number of benzene rings is 1. The lowest BCUT2D eigenvalue weighted by molar-refractivity contribution is 0.0621. The summed E-state index contributed by atoms with van der Waals surface area (Å²) in [6.45, 7) is 5.48. The number of hydrogen-bond acceptors (Lipinski definition) is 4. The third-order valence-electron chi connectivity index (χ3n) is 3.64. The number of halogens is 1. The Labute approximate surface area is 170 Å². The number of nitrogens with zero attached hydrogens (tertiary/aromatic N) is 1. The van der Waals surface area contributed by atoms with E-state index in [9.17, 15) is 5.11 Å². The maximum atomic E-state index is 10.6. The van der Waals surface area contributed by atoms with Crippen molar-refractivity contribution in [2.45, 2.75) is 26.0 Å². The number of aliphatic imine (C=N–C) groups is 1. The Balaban J connectivity index is 0.00000312. The van der Waals surface area contributed by atoms with Crippen molar-refractivity contribution in [3.63, 3.8) is 0 Å². The molecule has 3 N–H and O–H groups in total. The molecule has 0 aliphatic carbocycles. The molecular formula is C18H26IN3O2S. The summed E-state index contributed by atoms with van der Waals surface area (Å²) in [5.74, 6) is 1.50. The summed E-state index contributed by atoms with van der Waals surface area (Å²) in [5.41, 5.74) is 1.03. The quantitative estimate of drug-likeness (QED) is 0.327. The first-order valence-corrected chi connectivity index (χ1v) is 8.89. The third-order valence-corrected chi connectivity index (χ3v) is 4.32. The Kier molecular flexibility index (Phi) is 9.23. The van der Waals surface area contributed by atoms with Crippen LogP contribution in [0.2, 0.25) is 0 Å². The molecule has 1 atom stereocenters. The highest BCUT2D eigenvalue weighted by Gasteiger charge is 2.23. The molecule has 1 unspecified atom stereocenters. The van der Waals surface area contributed by atoms with Crippen molar-refractivity contribution in [1.82, 2.24) is 10.6 Å². The lowest BCUT2D eigenvalue weighted by atomic mass is 9.99. The molecule has 2 rings (SSSR count). The molecule has 0 amide bonds. The molecule has 7 heteroatoms. The Morgan fingerprint density at radius 2 is 2.12 bits per heavy atom. The standard InChI is InChI=1S/C18H25N3O2S.HI/c1-4-19-17(20-11-14-6-5-7-16(10-14)23-3)21-13-18(2,22)15-8-9-24-12-15;/h5-10,12,22H,4,11,13H2,1-3H3,(H2,19,20,21);1H. The topological polar surface area (TPSA) is 65.9 Å². The van der Waals surface area contributed by atoms with Gasteiger partial charge in [-0.1, -0.05) is 12.1 Å². The summed E-state index contributed by atoms with van der Waals surface area (Å²) < 4.78 is 5.23. The van der Waals surface area contributed by atoms with Gasteiger partial charge in [0.15, 0.2) is 5.96 Å². The molecule has 1 heterocycles. The Hall–Kier alpha value is -1.32. The highest BCUT2D eigenvalue weighted by atomic mass is 127. The van der Waals surface area contributed by atoms with Gasteiger partial charge in [-0.05, 0) is 53.9 Å². The van der Waals surface area contributed by atoms with Gasteiger partial charge in [-0.3, -0.25) is 0 Å². The first-order chi connectivity index (χ1) is 11.5. The normalized spacial score (nSPS) is 13.5. The first-order valence-electron chi connectivity index (χ1n) is 7.95. The molecule has 25 heavy (non-hydrogen) atoms. The van der Waals surface area contributed by atoms with Gasteiger partial charge in [-0.25, -0.2) is 4.99 Å². The van der Waals surface area contributed by atoms with E-state index in [1.807, 2.05) is 48.0 Å². The average Bonchev–Trinajstić information content (AvgIpc) is 3.13. The minimum Gasteiger partial charge on any atom is -0.497 e. The molecule has 5 nitrogen and oxygen atoms in total. The maximum absolute atomic E-state index is 10.6. The molecule has 1 aromatic carbocycles. The van der Waals surface area contributed by atoms with E-state index in [-0.39, 0.29) is 24.0 Å². The number of nitrogens with one attached hydrogen (secondary N) is 2. The number of aliphatic hydroxyl groups is 1. The van der Waals surface area contributed by atoms with Crippen molar-refractivity contribution in [1.29, 1.82) is 0 Å². The van der Waals surface area contributed by atoms with Crippen LogP contribution in [-0.2, 0) is 12.1 Å². The fraction of sp³-hybridized carbons (Fsp3) is 0.389. The van der Waals surface area contributed by atoms with Crippen molar-refractivity contribution in [3.8, 4) is 5.75 Å². The Morgan fingerprint density at radius 3 is 2.76 bits per heavy atom. The summed E-state index contributed by atoms with van der Waals surface area (Å²) >= 11 is 1.58. The number of ether oxygens (including phenoxy) is 1. The van der Waals surface area contributed by atoms with Gasteiger partial charge in [0.2, 0.25) is 0 Å². The second-order valence-electron chi connectivity index (χ2n) is 5.69. The van der Waals surface area contributed by atoms with Gasteiger partial charge in [-0.2, -0.15) is 11.3 Å². The number of rotatable bonds is 7. The molecule has 1 aromatic heterocycles. The lowest BCUT2D eigenvalue weighted by Gasteiger charge is -2.24. The summed E-state index contributed by atoms with van der Waals surface area (Å²) in [7, 11) is 1.65. The second kappa shape index (κ2) is 10.6. The zero-order valence-electron chi connectivity index (χ0n) is 14.8. The van der Waals surface area contributed by atoms with E-state index in [0.717, 1.165) is 23.4 Å². The van der Waals surface area contributed by atoms with Gasteiger partial charge in [0.05, 0.1) is 20.2 Å². The van der Waals surface area contributed by atoms with Gasteiger partial charge in [0.1, 0.15) is 11.4 Å². The Bertz CT molecular complexity index is 660. The molecule has 2 aromatic rings. The minimum atomic E-state index is -0.938. The number of hydrogen-bond donors (Lipinski definition) is 3. The summed E-state index contributed by atoms with van der Waals surface area (Å²) in [4.78, 5) is 4.57. The molecule has 0 aliphatic rings.